The molecule has 0 saturated carbocycles. The first kappa shape index (κ1) is 12.6. The van der Waals surface area contributed by atoms with Crippen LogP contribution >= 0.6 is 0 Å². The van der Waals surface area contributed by atoms with Crippen molar-refractivity contribution in [3.8, 4) is 0 Å². The van der Waals surface area contributed by atoms with Gasteiger partial charge in [-0.25, -0.2) is 0 Å². The first-order chi connectivity index (χ1) is 9.79. The SMILES string of the molecule is CCc1ccccc1Nc1c(C)nnc2ccccc12. The molecule has 0 atom stereocenters. The van der Waals surface area contributed by atoms with Crippen LogP contribution in [0.5, 0.6) is 0 Å². The first-order valence-corrected chi connectivity index (χ1v) is 6.86. The summed E-state index contributed by atoms with van der Waals surface area (Å²) >= 11 is 0. The summed E-state index contributed by atoms with van der Waals surface area (Å²) in [5, 5.41) is 13.1. The van der Waals surface area contributed by atoms with Gasteiger partial charge in [-0.15, -0.1) is 0 Å². The van der Waals surface area contributed by atoms with Gasteiger partial charge in [-0.05, 0) is 31.0 Å². The molecule has 100 valence electrons. The summed E-state index contributed by atoms with van der Waals surface area (Å²) in [7, 11) is 0. The quantitative estimate of drug-likeness (QED) is 0.768. The Labute approximate surface area is 118 Å². The Hall–Kier alpha value is -2.42. The summed E-state index contributed by atoms with van der Waals surface area (Å²) in [5.74, 6) is 0. The van der Waals surface area contributed by atoms with E-state index in [0.717, 1.165) is 34.4 Å². The van der Waals surface area contributed by atoms with Crippen molar-refractivity contribution in [1.29, 1.82) is 0 Å². The molecule has 3 rings (SSSR count). The molecule has 0 amide bonds. The van der Waals surface area contributed by atoms with E-state index in [9.17, 15) is 0 Å². The van der Waals surface area contributed by atoms with E-state index < -0.39 is 0 Å². The van der Waals surface area contributed by atoms with Crippen molar-refractivity contribution < 1.29 is 0 Å². The van der Waals surface area contributed by atoms with Crippen LogP contribution in [0.1, 0.15) is 18.2 Å². The minimum atomic E-state index is 0.912. The number of aromatic nitrogens is 2. The van der Waals surface area contributed by atoms with Gasteiger partial charge in [0.05, 0.1) is 16.9 Å². The molecule has 1 N–H and O–H groups in total. The third-order valence-corrected chi connectivity index (χ3v) is 3.50. The standard InChI is InChI=1S/C17H17N3/c1-3-13-8-4-6-10-15(13)18-17-12(2)19-20-16-11-7-5-9-14(16)17/h4-11H,3H2,1-2H3,(H,18,20). The Balaban J connectivity index is 2.13. The summed E-state index contributed by atoms with van der Waals surface area (Å²) in [5.41, 5.74) is 5.30. The first-order valence-electron chi connectivity index (χ1n) is 6.86. The molecule has 0 spiro atoms. The molecule has 0 radical (unpaired) electrons. The Morgan fingerprint density at radius 3 is 2.55 bits per heavy atom. The van der Waals surface area contributed by atoms with Gasteiger partial charge in [0, 0.05) is 11.1 Å². The second-order valence-corrected chi connectivity index (χ2v) is 4.81. The number of hydrogen-bond acceptors (Lipinski definition) is 3. The highest BCUT2D eigenvalue weighted by atomic mass is 15.1. The summed E-state index contributed by atoms with van der Waals surface area (Å²) in [6.07, 6.45) is 0.999. The predicted molar refractivity (Wildman–Crippen MR) is 83.4 cm³/mol. The molecule has 3 heteroatoms. The van der Waals surface area contributed by atoms with Crippen LogP contribution in [0.4, 0.5) is 11.4 Å². The lowest BCUT2D eigenvalue weighted by molar-refractivity contribution is 1.02. The maximum absolute atomic E-state index is 4.25. The third-order valence-electron chi connectivity index (χ3n) is 3.50. The smallest absolute Gasteiger partial charge is 0.0950 e. The maximum Gasteiger partial charge on any atom is 0.0950 e. The number of para-hydroxylation sites is 1. The minimum absolute atomic E-state index is 0.912. The molecule has 0 aliphatic heterocycles. The highest BCUT2D eigenvalue weighted by Gasteiger charge is 2.08. The molecular weight excluding hydrogens is 246 g/mol. The number of aryl methyl sites for hydroxylation is 2. The van der Waals surface area contributed by atoms with Crippen LogP contribution in [0.3, 0.4) is 0 Å². The summed E-state index contributed by atoms with van der Waals surface area (Å²) < 4.78 is 0. The molecule has 20 heavy (non-hydrogen) atoms. The molecule has 1 heterocycles. The van der Waals surface area contributed by atoms with Gasteiger partial charge in [-0.2, -0.15) is 10.2 Å². The van der Waals surface area contributed by atoms with E-state index in [4.69, 9.17) is 0 Å². The second kappa shape index (κ2) is 5.29. The Morgan fingerprint density at radius 1 is 0.950 bits per heavy atom. The number of fused-ring (bicyclic) bond motifs is 1. The van der Waals surface area contributed by atoms with E-state index in [0.29, 0.717) is 0 Å². The van der Waals surface area contributed by atoms with Crippen LogP contribution < -0.4 is 5.32 Å². The maximum atomic E-state index is 4.25. The summed E-state index contributed by atoms with van der Waals surface area (Å²) in [4.78, 5) is 0. The molecule has 0 bridgehead atoms. The van der Waals surface area contributed by atoms with Gasteiger partial charge in [0.25, 0.3) is 0 Å². The fraction of sp³-hybridized carbons (Fsp3) is 0.176. The molecule has 0 saturated heterocycles. The molecular formula is C17H17N3. The van der Waals surface area contributed by atoms with Crippen molar-refractivity contribution in [2.45, 2.75) is 20.3 Å². The second-order valence-electron chi connectivity index (χ2n) is 4.81. The van der Waals surface area contributed by atoms with E-state index in [1.165, 1.54) is 5.56 Å². The van der Waals surface area contributed by atoms with Crippen molar-refractivity contribution >= 4 is 22.3 Å². The van der Waals surface area contributed by atoms with Crippen LogP contribution in [0.2, 0.25) is 0 Å². The van der Waals surface area contributed by atoms with Crippen LogP contribution in [0.15, 0.2) is 48.5 Å². The number of anilines is 2. The fourth-order valence-electron chi connectivity index (χ4n) is 2.39. The van der Waals surface area contributed by atoms with Gasteiger partial charge < -0.3 is 5.32 Å². The highest BCUT2D eigenvalue weighted by Crippen LogP contribution is 2.28. The normalized spacial score (nSPS) is 10.7. The number of hydrogen-bond donors (Lipinski definition) is 1. The van der Waals surface area contributed by atoms with Gasteiger partial charge in [-0.3, -0.25) is 0 Å². The van der Waals surface area contributed by atoms with Crippen molar-refractivity contribution in [2.24, 2.45) is 0 Å². The van der Waals surface area contributed by atoms with E-state index in [1.54, 1.807) is 0 Å². The van der Waals surface area contributed by atoms with Crippen LogP contribution in [0.25, 0.3) is 10.9 Å². The molecule has 3 aromatic rings. The zero-order valence-electron chi connectivity index (χ0n) is 11.7. The predicted octanol–water partition coefficient (Wildman–Crippen LogP) is 4.24. The lowest BCUT2D eigenvalue weighted by Gasteiger charge is -2.14. The molecule has 0 unspecified atom stereocenters. The van der Waals surface area contributed by atoms with Gasteiger partial charge >= 0.3 is 0 Å². The summed E-state index contributed by atoms with van der Waals surface area (Å²) in [6.45, 7) is 4.15. The Bertz CT molecular complexity index is 750. The minimum Gasteiger partial charge on any atom is -0.353 e. The lowest BCUT2D eigenvalue weighted by Crippen LogP contribution is -2.01. The van der Waals surface area contributed by atoms with Crippen molar-refractivity contribution in [3.63, 3.8) is 0 Å². The average Bonchev–Trinajstić information content (AvgIpc) is 2.50. The number of nitrogens with zero attached hydrogens (tertiary/aromatic N) is 2. The van der Waals surface area contributed by atoms with Crippen molar-refractivity contribution in [2.75, 3.05) is 5.32 Å². The van der Waals surface area contributed by atoms with Crippen LogP contribution in [-0.2, 0) is 6.42 Å². The molecule has 0 aliphatic rings. The topological polar surface area (TPSA) is 37.8 Å². The van der Waals surface area contributed by atoms with E-state index in [1.807, 2.05) is 31.2 Å². The molecule has 0 fully saturated rings. The Morgan fingerprint density at radius 2 is 1.70 bits per heavy atom. The zero-order chi connectivity index (χ0) is 13.9. The number of benzene rings is 2. The van der Waals surface area contributed by atoms with Gasteiger partial charge in [0.1, 0.15) is 0 Å². The monoisotopic (exact) mass is 263 g/mol. The molecule has 1 aromatic heterocycles. The van der Waals surface area contributed by atoms with Gasteiger partial charge in [-0.1, -0.05) is 43.3 Å². The highest BCUT2D eigenvalue weighted by molar-refractivity contribution is 5.93. The molecule has 0 aliphatic carbocycles. The molecule has 2 aromatic carbocycles. The fourth-order valence-corrected chi connectivity index (χ4v) is 2.39. The third kappa shape index (κ3) is 2.23. The largest absolute Gasteiger partial charge is 0.353 e. The van der Waals surface area contributed by atoms with Crippen LogP contribution in [0, 0.1) is 6.92 Å². The van der Waals surface area contributed by atoms with Crippen molar-refractivity contribution in [1.82, 2.24) is 10.2 Å². The van der Waals surface area contributed by atoms with Gasteiger partial charge in [0.2, 0.25) is 0 Å². The lowest BCUT2D eigenvalue weighted by atomic mass is 10.1. The number of rotatable bonds is 3. The van der Waals surface area contributed by atoms with Crippen molar-refractivity contribution in [3.05, 3.63) is 59.8 Å². The average molecular weight is 263 g/mol. The summed E-state index contributed by atoms with van der Waals surface area (Å²) in [6, 6.07) is 16.4. The van der Waals surface area contributed by atoms with E-state index >= 15 is 0 Å². The van der Waals surface area contributed by atoms with E-state index in [-0.39, 0.29) is 0 Å². The van der Waals surface area contributed by atoms with E-state index in [2.05, 4.69) is 46.7 Å². The Kier molecular flexibility index (Phi) is 3.33. The van der Waals surface area contributed by atoms with Gasteiger partial charge in [0.15, 0.2) is 0 Å². The van der Waals surface area contributed by atoms with Crippen LogP contribution in [-0.4, -0.2) is 10.2 Å². The molecule has 3 nitrogen and oxygen atoms in total. The zero-order valence-corrected chi connectivity index (χ0v) is 11.7. The number of nitrogens with one attached hydrogen (secondary N) is 1.